The van der Waals surface area contributed by atoms with Crippen molar-refractivity contribution < 1.29 is 0 Å². The molecule has 0 amide bonds. The number of imidazole rings is 1. The number of aromatic amines is 1. The monoisotopic (exact) mass is 289 g/mol. The van der Waals surface area contributed by atoms with E-state index in [0.29, 0.717) is 5.92 Å². The van der Waals surface area contributed by atoms with Crippen molar-refractivity contribution in [2.24, 2.45) is 0 Å². The van der Waals surface area contributed by atoms with Crippen molar-refractivity contribution in [2.75, 3.05) is 0 Å². The van der Waals surface area contributed by atoms with E-state index in [2.05, 4.69) is 44.8 Å². The van der Waals surface area contributed by atoms with E-state index in [4.69, 9.17) is 4.98 Å². The molecule has 0 spiro atoms. The lowest BCUT2D eigenvalue weighted by Gasteiger charge is -2.03. The molecule has 0 atom stereocenters. The van der Waals surface area contributed by atoms with Crippen LogP contribution in [0.5, 0.6) is 0 Å². The average Bonchev–Trinajstić information content (AvgIpc) is 3.12. The Kier molecular flexibility index (Phi) is 2.25. The molecule has 0 bridgehead atoms. The Bertz CT molecular complexity index is 993. The van der Waals surface area contributed by atoms with Gasteiger partial charge in [0, 0.05) is 46.7 Å². The van der Waals surface area contributed by atoms with E-state index in [-0.39, 0.29) is 0 Å². The second-order valence-electron chi connectivity index (χ2n) is 6.01. The molecule has 0 saturated heterocycles. The molecule has 4 aromatic heterocycles. The number of aromatic nitrogens is 5. The lowest BCUT2D eigenvalue weighted by atomic mass is 10.1. The van der Waals surface area contributed by atoms with Gasteiger partial charge >= 0.3 is 0 Å². The van der Waals surface area contributed by atoms with Crippen molar-refractivity contribution in [3.63, 3.8) is 0 Å². The van der Waals surface area contributed by atoms with Crippen LogP contribution in [0.1, 0.15) is 30.1 Å². The first-order valence-electron chi connectivity index (χ1n) is 7.58. The molecule has 108 valence electrons. The molecule has 0 aliphatic heterocycles. The highest BCUT2D eigenvalue weighted by atomic mass is 15.1. The fourth-order valence-corrected chi connectivity index (χ4v) is 3.15. The summed E-state index contributed by atoms with van der Waals surface area (Å²) in [6, 6.07) is 4.22. The molecule has 5 rings (SSSR count). The maximum absolute atomic E-state index is 4.92. The topological polar surface area (TPSA) is 58.9 Å². The Balaban J connectivity index is 1.82. The molecule has 0 unspecified atom stereocenters. The van der Waals surface area contributed by atoms with Crippen LogP contribution in [0, 0.1) is 6.92 Å². The molecule has 0 aromatic carbocycles. The van der Waals surface area contributed by atoms with Gasteiger partial charge in [0.25, 0.3) is 0 Å². The van der Waals surface area contributed by atoms with Gasteiger partial charge in [0.1, 0.15) is 5.65 Å². The lowest BCUT2D eigenvalue weighted by Crippen LogP contribution is -1.91. The quantitative estimate of drug-likeness (QED) is 0.615. The molecule has 4 heterocycles. The first kappa shape index (κ1) is 11.9. The van der Waals surface area contributed by atoms with Crippen LogP contribution in [-0.4, -0.2) is 24.6 Å². The van der Waals surface area contributed by atoms with Gasteiger partial charge < -0.3 is 4.40 Å². The summed E-state index contributed by atoms with van der Waals surface area (Å²) >= 11 is 0. The third-order valence-corrected chi connectivity index (χ3v) is 4.52. The molecular weight excluding hydrogens is 274 g/mol. The Morgan fingerprint density at radius 1 is 1.23 bits per heavy atom. The summed E-state index contributed by atoms with van der Waals surface area (Å²) in [4.78, 5) is 9.52. The minimum atomic E-state index is 0.653. The van der Waals surface area contributed by atoms with Crippen molar-refractivity contribution >= 4 is 16.6 Å². The maximum atomic E-state index is 4.92. The molecule has 1 aliphatic rings. The highest BCUT2D eigenvalue weighted by Crippen LogP contribution is 2.41. The fourth-order valence-electron chi connectivity index (χ4n) is 3.15. The van der Waals surface area contributed by atoms with Crippen molar-refractivity contribution in [3.8, 4) is 11.1 Å². The van der Waals surface area contributed by atoms with E-state index >= 15 is 0 Å². The van der Waals surface area contributed by atoms with Gasteiger partial charge in [0.2, 0.25) is 0 Å². The number of hydrogen-bond donors (Lipinski definition) is 1. The minimum absolute atomic E-state index is 0.653. The van der Waals surface area contributed by atoms with Crippen LogP contribution in [-0.2, 0) is 0 Å². The zero-order valence-corrected chi connectivity index (χ0v) is 12.2. The third-order valence-electron chi connectivity index (χ3n) is 4.52. The number of nitrogens with one attached hydrogen (secondary N) is 1. The van der Waals surface area contributed by atoms with Crippen LogP contribution in [0.3, 0.4) is 0 Å². The number of H-pyrrole nitrogens is 1. The number of rotatable bonds is 2. The van der Waals surface area contributed by atoms with E-state index in [1.807, 2.05) is 18.6 Å². The highest BCUT2D eigenvalue weighted by molar-refractivity contribution is 5.94. The first-order valence-corrected chi connectivity index (χ1v) is 7.58. The number of nitrogens with zero attached hydrogens (tertiary/aromatic N) is 4. The van der Waals surface area contributed by atoms with Crippen molar-refractivity contribution in [1.82, 2.24) is 24.6 Å². The zero-order valence-electron chi connectivity index (χ0n) is 12.2. The van der Waals surface area contributed by atoms with E-state index in [1.165, 1.54) is 24.2 Å². The summed E-state index contributed by atoms with van der Waals surface area (Å²) in [6.07, 6.45) is 10.2. The largest absolute Gasteiger partial charge is 0.303 e. The molecule has 1 fully saturated rings. The Hall–Kier alpha value is -2.69. The van der Waals surface area contributed by atoms with E-state index in [1.54, 1.807) is 0 Å². The number of hydrogen-bond acceptors (Lipinski definition) is 3. The Labute approximate surface area is 127 Å². The number of aryl methyl sites for hydroxylation is 1. The van der Waals surface area contributed by atoms with E-state index in [9.17, 15) is 0 Å². The average molecular weight is 289 g/mol. The molecule has 4 aromatic rings. The van der Waals surface area contributed by atoms with E-state index < -0.39 is 0 Å². The van der Waals surface area contributed by atoms with Gasteiger partial charge in [-0.2, -0.15) is 5.10 Å². The van der Waals surface area contributed by atoms with Crippen molar-refractivity contribution in [3.05, 3.63) is 48.3 Å². The normalized spacial score (nSPS) is 15.0. The predicted octanol–water partition coefficient (Wildman–Crippen LogP) is 3.46. The summed E-state index contributed by atoms with van der Waals surface area (Å²) in [6.45, 7) is 2.16. The third kappa shape index (κ3) is 1.62. The van der Waals surface area contributed by atoms with Crippen LogP contribution >= 0.6 is 0 Å². The summed E-state index contributed by atoms with van der Waals surface area (Å²) in [7, 11) is 0. The minimum Gasteiger partial charge on any atom is -0.303 e. The standard InChI is InChI=1S/C17H15N5/c1-10-16(11-2-3-11)21-17-14-6-12(13-8-19-20-9-13)7-18-15(14)4-5-22(10)17/h4-9,11H,2-3H2,1H3,(H,19,20). The lowest BCUT2D eigenvalue weighted by molar-refractivity contribution is 1.01. The van der Waals surface area contributed by atoms with Crippen LogP contribution in [0.2, 0.25) is 0 Å². The van der Waals surface area contributed by atoms with Gasteiger partial charge in [-0.05, 0) is 31.9 Å². The maximum Gasteiger partial charge on any atom is 0.146 e. The van der Waals surface area contributed by atoms with Gasteiger partial charge in [-0.15, -0.1) is 0 Å². The zero-order chi connectivity index (χ0) is 14.7. The van der Waals surface area contributed by atoms with Gasteiger partial charge in [-0.1, -0.05) is 0 Å². The van der Waals surface area contributed by atoms with Crippen molar-refractivity contribution in [1.29, 1.82) is 0 Å². The van der Waals surface area contributed by atoms with Crippen LogP contribution < -0.4 is 0 Å². The van der Waals surface area contributed by atoms with Crippen molar-refractivity contribution in [2.45, 2.75) is 25.7 Å². The Morgan fingerprint density at radius 3 is 2.91 bits per heavy atom. The van der Waals surface area contributed by atoms with Gasteiger partial charge in [-0.25, -0.2) is 4.98 Å². The smallest absolute Gasteiger partial charge is 0.146 e. The fraction of sp³-hybridized carbons (Fsp3) is 0.235. The van der Waals surface area contributed by atoms with Crippen LogP contribution in [0.15, 0.2) is 36.9 Å². The molecule has 22 heavy (non-hydrogen) atoms. The summed E-state index contributed by atoms with van der Waals surface area (Å²) in [5.74, 6) is 0.653. The first-order chi connectivity index (χ1) is 10.8. The summed E-state index contributed by atoms with van der Waals surface area (Å²) in [5, 5.41) is 7.96. The second-order valence-corrected chi connectivity index (χ2v) is 6.01. The molecule has 1 N–H and O–H groups in total. The molecule has 5 nitrogen and oxygen atoms in total. The molecule has 5 heteroatoms. The van der Waals surface area contributed by atoms with E-state index in [0.717, 1.165) is 27.7 Å². The molecular formula is C17H15N5. The SMILES string of the molecule is Cc1c(C2CC2)nc2c3cc(-c4cn[nH]c4)cnc3ccn12. The Morgan fingerprint density at radius 2 is 2.14 bits per heavy atom. The molecule has 0 radical (unpaired) electrons. The van der Waals surface area contributed by atoms with Gasteiger partial charge in [0.15, 0.2) is 0 Å². The van der Waals surface area contributed by atoms with Gasteiger partial charge in [0.05, 0.1) is 17.4 Å². The summed E-state index contributed by atoms with van der Waals surface area (Å²) in [5.41, 5.74) is 6.60. The highest BCUT2D eigenvalue weighted by Gasteiger charge is 2.29. The second kappa shape index (κ2) is 4.16. The van der Waals surface area contributed by atoms with Gasteiger partial charge in [-0.3, -0.25) is 10.1 Å². The predicted molar refractivity (Wildman–Crippen MR) is 84.8 cm³/mol. The number of pyridine rings is 2. The number of fused-ring (bicyclic) bond motifs is 3. The summed E-state index contributed by atoms with van der Waals surface area (Å²) < 4.78 is 2.19. The van der Waals surface area contributed by atoms with Crippen LogP contribution in [0.4, 0.5) is 0 Å². The molecule has 1 saturated carbocycles. The molecule has 1 aliphatic carbocycles. The van der Waals surface area contributed by atoms with Crippen LogP contribution in [0.25, 0.3) is 27.7 Å².